The molecule has 0 fully saturated rings. The molecule has 0 bridgehead atoms. The maximum atomic E-state index is 4.81. The molecule has 0 saturated heterocycles. The van der Waals surface area contributed by atoms with Crippen LogP contribution in [0.15, 0.2) is 84.0 Å². The van der Waals surface area contributed by atoms with Crippen LogP contribution in [0, 0.1) is 0 Å². The summed E-state index contributed by atoms with van der Waals surface area (Å²) in [6.07, 6.45) is 1.05. The first kappa shape index (κ1) is 16.6. The smallest absolute Gasteiger partial charge is 0.0977 e. The van der Waals surface area contributed by atoms with E-state index in [1.54, 1.807) is 0 Å². The van der Waals surface area contributed by atoms with Crippen LogP contribution in [-0.4, -0.2) is 24.2 Å². The Kier molecular flexibility index (Phi) is 4.80. The Morgan fingerprint density at radius 1 is 0.846 bits per heavy atom. The normalized spacial score (nSPS) is 13.7. The molecule has 3 heteroatoms. The minimum absolute atomic E-state index is 0.955. The van der Waals surface area contributed by atoms with Crippen molar-refractivity contribution in [2.24, 2.45) is 5.10 Å². The van der Waals surface area contributed by atoms with Gasteiger partial charge in [0, 0.05) is 24.2 Å². The van der Waals surface area contributed by atoms with E-state index in [4.69, 9.17) is 5.10 Å². The van der Waals surface area contributed by atoms with Crippen LogP contribution >= 0.6 is 0 Å². The highest BCUT2D eigenvalue weighted by atomic mass is 15.3. The van der Waals surface area contributed by atoms with Gasteiger partial charge >= 0.3 is 0 Å². The lowest BCUT2D eigenvalue weighted by molar-refractivity contribution is 0.313. The van der Waals surface area contributed by atoms with E-state index in [0.717, 1.165) is 42.0 Å². The molecular weight excluding hydrogens is 318 g/mol. The van der Waals surface area contributed by atoms with Crippen LogP contribution < -0.4 is 5.43 Å². The van der Waals surface area contributed by atoms with Crippen molar-refractivity contribution in [2.75, 3.05) is 19.0 Å². The highest BCUT2D eigenvalue weighted by Gasteiger charge is 2.16. The SMILES string of the molecule is CN1CCc2c(cccc2NN=C(c2ccccc2)c2ccccc2)C1. The molecule has 0 atom stereocenters. The van der Waals surface area contributed by atoms with Gasteiger partial charge in [-0.2, -0.15) is 5.10 Å². The molecule has 0 aliphatic carbocycles. The maximum absolute atomic E-state index is 4.81. The van der Waals surface area contributed by atoms with E-state index >= 15 is 0 Å². The molecule has 0 radical (unpaired) electrons. The van der Waals surface area contributed by atoms with E-state index in [0.29, 0.717) is 0 Å². The van der Waals surface area contributed by atoms with Crippen LogP contribution in [0.3, 0.4) is 0 Å². The summed E-state index contributed by atoms with van der Waals surface area (Å²) >= 11 is 0. The van der Waals surface area contributed by atoms with E-state index in [9.17, 15) is 0 Å². The first-order valence-corrected chi connectivity index (χ1v) is 9.05. The number of hydrogen-bond donors (Lipinski definition) is 1. The summed E-state index contributed by atoms with van der Waals surface area (Å²) < 4.78 is 0. The highest BCUT2D eigenvalue weighted by molar-refractivity contribution is 6.13. The van der Waals surface area contributed by atoms with Crippen LogP contribution in [-0.2, 0) is 13.0 Å². The van der Waals surface area contributed by atoms with Crippen molar-refractivity contribution < 1.29 is 0 Å². The first-order valence-electron chi connectivity index (χ1n) is 9.05. The van der Waals surface area contributed by atoms with Crippen molar-refractivity contribution in [3.8, 4) is 0 Å². The van der Waals surface area contributed by atoms with Gasteiger partial charge in [0.1, 0.15) is 0 Å². The van der Waals surface area contributed by atoms with Gasteiger partial charge in [0.05, 0.1) is 11.4 Å². The number of likely N-dealkylation sites (N-methyl/N-ethyl adjacent to an activating group) is 1. The fourth-order valence-corrected chi connectivity index (χ4v) is 3.46. The summed E-state index contributed by atoms with van der Waals surface area (Å²) in [5.41, 5.74) is 10.4. The van der Waals surface area contributed by atoms with Crippen molar-refractivity contribution in [2.45, 2.75) is 13.0 Å². The van der Waals surface area contributed by atoms with Crippen molar-refractivity contribution in [3.05, 3.63) is 101 Å². The third-order valence-corrected chi connectivity index (χ3v) is 4.84. The third-order valence-electron chi connectivity index (χ3n) is 4.84. The van der Waals surface area contributed by atoms with Gasteiger partial charge in [-0.05, 0) is 30.7 Å². The van der Waals surface area contributed by atoms with Crippen LogP contribution in [0.1, 0.15) is 22.3 Å². The van der Waals surface area contributed by atoms with Gasteiger partial charge in [-0.25, -0.2) is 0 Å². The van der Waals surface area contributed by atoms with E-state index in [1.165, 1.54) is 11.1 Å². The summed E-state index contributed by atoms with van der Waals surface area (Å²) in [5.74, 6) is 0. The largest absolute Gasteiger partial charge is 0.302 e. The van der Waals surface area contributed by atoms with Crippen LogP contribution in [0.5, 0.6) is 0 Å². The molecule has 4 rings (SSSR count). The molecule has 3 nitrogen and oxygen atoms in total. The van der Waals surface area contributed by atoms with Gasteiger partial charge < -0.3 is 4.90 Å². The predicted molar refractivity (Wildman–Crippen MR) is 109 cm³/mol. The second-order valence-electron chi connectivity index (χ2n) is 6.74. The Morgan fingerprint density at radius 2 is 1.50 bits per heavy atom. The molecule has 1 N–H and O–H groups in total. The Bertz CT molecular complexity index is 860. The number of hydrazone groups is 1. The number of nitrogens with one attached hydrogen (secondary N) is 1. The lowest BCUT2D eigenvalue weighted by Crippen LogP contribution is -2.27. The van der Waals surface area contributed by atoms with E-state index in [1.807, 2.05) is 36.4 Å². The molecule has 0 spiro atoms. The van der Waals surface area contributed by atoms with Gasteiger partial charge in [0.25, 0.3) is 0 Å². The minimum atomic E-state index is 0.955. The Balaban J connectivity index is 1.70. The molecule has 1 heterocycles. The standard InChI is InChI=1S/C23H23N3/c1-26-16-15-21-20(17-26)13-8-14-22(21)24-25-23(18-9-4-2-5-10-18)19-11-6-3-7-12-19/h2-14,24H,15-17H2,1H3. The fraction of sp³-hybridized carbons (Fsp3) is 0.174. The monoisotopic (exact) mass is 341 g/mol. The maximum Gasteiger partial charge on any atom is 0.0977 e. The number of rotatable bonds is 4. The average Bonchev–Trinajstić information content (AvgIpc) is 2.69. The van der Waals surface area contributed by atoms with Gasteiger partial charge in [-0.1, -0.05) is 72.8 Å². The van der Waals surface area contributed by atoms with Gasteiger partial charge in [-0.15, -0.1) is 0 Å². The number of anilines is 1. The zero-order valence-electron chi connectivity index (χ0n) is 15.0. The molecule has 1 aliphatic rings. The van der Waals surface area contributed by atoms with Gasteiger partial charge in [0.2, 0.25) is 0 Å². The van der Waals surface area contributed by atoms with Gasteiger partial charge in [0.15, 0.2) is 0 Å². The molecule has 0 saturated carbocycles. The van der Waals surface area contributed by atoms with E-state index in [2.05, 4.69) is 59.8 Å². The zero-order chi connectivity index (χ0) is 17.8. The van der Waals surface area contributed by atoms with E-state index < -0.39 is 0 Å². The van der Waals surface area contributed by atoms with Crippen molar-refractivity contribution in [1.82, 2.24) is 4.90 Å². The average molecular weight is 341 g/mol. The molecule has 3 aromatic rings. The quantitative estimate of drug-likeness (QED) is 0.557. The summed E-state index contributed by atoms with van der Waals surface area (Å²) in [5, 5.41) is 4.81. The second kappa shape index (κ2) is 7.54. The van der Waals surface area contributed by atoms with Gasteiger partial charge in [-0.3, -0.25) is 5.43 Å². The second-order valence-corrected chi connectivity index (χ2v) is 6.74. The summed E-state index contributed by atoms with van der Waals surface area (Å²) in [4.78, 5) is 2.36. The number of nitrogens with zero attached hydrogens (tertiary/aromatic N) is 2. The molecule has 0 aromatic heterocycles. The lowest BCUT2D eigenvalue weighted by Gasteiger charge is -2.26. The van der Waals surface area contributed by atoms with Crippen molar-refractivity contribution in [1.29, 1.82) is 0 Å². The summed E-state index contributed by atoms with van der Waals surface area (Å²) in [6, 6.07) is 27.1. The highest BCUT2D eigenvalue weighted by Crippen LogP contribution is 2.26. The topological polar surface area (TPSA) is 27.6 Å². The predicted octanol–water partition coefficient (Wildman–Crippen LogP) is 4.54. The van der Waals surface area contributed by atoms with E-state index in [-0.39, 0.29) is 0 Å². The zero-order valence-corrected chi connectivity index (χ0v) is 15.0. The number of fused-ring (bicyclic) bond motifs is 1. The molecule has 130 valence electrons. The lowest BCUT2D eigenvalue weighted by atomic mass is 9.98. The minimum Gasteiger partial charge on any atom is -0.302 e. The van der Waals surface area contributed by atoms with Crippen molar-refractivity contribution >= 4 is 11.4 Å². The Hall–Kier alpha value is -2.91. The Labute approximate surface area is 155 Å². The summed E-state index contributed by atoms with van der Waals surface area (Å²) in [6.45, 7) is 2.08. The van der Waals surface area contributed by atoms with Crippen LogP contribution in [0.4, 0.5) is 5.69 Å². The fourth-order valence-electron chi connectivity index (χ4n) is 3.46. The molecule has 26 heavy (non-hydrogen) atoms. The summed E-state index contributed by atoms with van der Waals surface area (Å²) in [7, 11) is 2.17. The third kappa shape index (κ3) is 3.53. The number of hydrogen-bond acceptors (Lipinski definition) is 3. The first-order chi connectivity index (χ1) is 12.8. The van der Waals surface area contributed by atoms with Crippen molar-refractivity contribution in [3.63, 3.8) is 0 Å². The molecule has 0 unspecified atom stereocenters. The molecular formula is C23H23N3. The Morgan fingerprint density at radius 3 is 2.15 bits per heavy atom. The molecule has 1 aliphatic heterocycles. The molecule has 0 amide bonds. The van der Waals surface area contributed by atoms with Crippen LogP contribution in [0.25, 0.3) is 0 Å². The van der Waals surface area contributed by atoms with Crippen LogP contribution in [0.2, 0.25) is 0 Å². The molecule has 3 aromatic carbocycles. The number of benzene rings is 3.